The normalized spacial score (nSPS) is 10.2. The zero-order valence-electron chi connectivity index (χ0n) is 12.6. The molecule has 1 aromatic rings. The summed E-state index contributed by atoms with van der Waals surface area (Å²) in [6.45, 7) is 4.06. The third-order valence-corrected chi connectivity index (χ3v) is 3.37. The van der Waals surface area contributed by atoms with Gasteiger partial charge in [-0.05, 0) is 37.0 Å². The first-order chi connectivity index (χ1) is 9.56. The minimum Gasteiger partial charge on any atom is -0.465 e. The molecule has 4 heteroatoms. The monoisotopic (exact) mass is 278 g/mol. The lowest BCUT2D eigenvalue weighted by Gasteiger charge is -2.14. The third kappa shape index (κ3) is 3.59. The quantitative estimate of drug-likeness (QED) is 0.592. The molecule has 110 valence electrons. The predicted octanol–water partition coefficient (Wildman–Crippen LogP) is 3.30. The number of hydrogen-bond donors (Lipinski definition) is 0. The van der Waals surface area contributed by atoms with E-state index in [1.165, 1.54) is 14.2 Å². The van der Waals surface area contributed by atoms with Crippen LogP contribution < -0.4 is 0 Å². The van der Waals surface area contributed by atoms with Crippen LogP contribution in [0, 0.1) is 6.92 Å². The van der Waals surface area contributed by atoms with Crippen molar-refractivity contribution in [2.75, 3.05) is 14.2 Å². The molecule has 1 aromatic carbocycles. The van der Waals surface area contributed by atoms with Gasteiger partial charge in [0.25, 0.3) is 0 Å². The van der Waals surface area contributed by atoms with Crippen molar-refractivity contribution in [3.8, 4) is 0 Å². The average Bonchev–Trinajstić information content (AvgIpc) is 2.47. The van der Waals surface area contributed by atoms with Gasteiger partial charge in [-0.25, -0.2) is 9.59 Å². The first-order valence-corrected chi connectivity index (χ1v) is 6.85. The number of unbranched alkanes of at least 4 members (excludes halogenated alkanes) is 2. The number of hydrogen-bond acceptors (Lipinski definition) is 4. The lowest BCUT2D eigenvalue weighted by atomic mass is 9.92. The van der Waals surface area contributed by atoms with Crippen LogP contribution in [0.1, 0.15) is 58.0 Å². The Bertz CT molecular complexity index is 491. The van der Waals surface area contributed by atoms with E-state index in [1.807, 2.05) is 13.0 Å². The topological polar surface area (TPSA) is 52.6 Å². The maximum Gasteiger partial charge on any atom is 0.339 e. The maximum atomic E-state index is 12.0. The van der Waals surface area contributed by atoms with Crippen molar-refractivity contribution >= 4 is 11.9 Å². The van der Waals surface area contributed by atoms with Crippen molar-refractivity contribution in [2.45, 2.75) is 39.5 Å². The van der Waals surface area contributed by atoms with Crippen molar-refractivity contribution in [1.82, 2.24) is 0 Å². The lowest BCUT2D eigenvalue weighted by Crippen LogP contribution is -2.15. The SMILES string of the molecule is CCCCCc1c(C)ccc(C(=O)OC)c1C(=O)OC. The number of carbonyl (C=O) groups excluding carboxylic acids is 2. The van der Waals surface area contributed by atoms with Gasteiger partial charge in [-0.2, -0.15) is 0 Å². The van der Waals surface area contributed by atoms with Crippen LogP contribution >= 0.6 is 0 Å². The molecule has 0 amide bonds. The second-order valence-corrected chi connectivity index (χ2v) is 4.72. The van der Waals surface area contributed by atoms with Crippen molar-refractivity contribution < 1.29 is 19.1 Å². The highest BCUT2D eigenvalue weighted by Crippen LogP contribution is 2.23. The van der Waals surface area contributed by atoms with Crippen molar-refractivity contribution in [2.24, 2.45) is 0 Å². The van der Waals surface area contributed by atoms with Gasteiger partial charge in [0, 0.05) is 0 Å². The highest BCUT2D eigenvalue weighted by molar-refractivity contribution is 6.04. The largest absolute Gasteiger partial charge is 0.465 e. The molecule has 0 aromatic heterocycles. The molecule has 0 fully saturated rings. The summed E-state index contributed by atoms with van der Waals surface area (Å²) in [5.74, 6) is -0.997. The Morgan fingerprint density at radius 2 is 1.70 bits per heavy atom. The van der Waals surface area contributed by atoms with Gasteiger partial charge in [-0.15, -0.1) is 0 Å². The standard InChI is InChI=1S/C16H22O4/c1-5-6-7-8-12-11(2)9-10-13(15(17)19-3)14(12)16(18)20-4/h9-10H,5-8H2,1-4H3. The minimum absolute atomic E-state index is 0.274. The predicted molar refractivity (Wildman–Crippen MR) is 77.1 cm³/mol. The summed E-state index contributed by atoms with van der Waals surface area (Å²) in [4.78, 5) is 23.8. The van der Waals surface area contributed by atoms with Crippen LogP contribution in [0.3, 0.4) is 0 Å². The van der Waals surface area contributed by atoms with Gasteiger partial charge in [0.05, 0.1) is 25.3 Å². The molecule has 0 spiro atoms. The van der Waals surface area contributed by atoms with Crippen LogP contribution in [-0.4, -0.2) is 26.2 Å². The van der Waals surface area contributed by atoms with E-state index in [4.69, 9.17) is 9.47 Å². The van der Waals surface area contributed by atoms with Crippen molar-refractivity contribution in [3.05, 3.63) is 34.4 Å². The maximum absolute atomic E-state index is 12.0. The molecule has 4 nitrogen and oxygen atoms in total. The first kappa shape index (κ1) is 16.2. The van der Waals surface area contributed by atoms with Gasteiger partial charge in [0.15, 0.2) is 0 Å². The van der Waals surface area contributed by atoms with E-state index in [0.717, 1.165) is 36.8 Å². The highest BCUT2D eigenvalue weighted by Gasteiger charge is 2.23. The molecule has 0 saturated heterocycles. The van der Waals surface area contributed by atoms with E-state index in [1.54, 1.807) is 6.07 Å². The molecule has 0 aliphatic rings. The molecule has 0 N–H and O–H groups in total. The van der Waals surface area contributed by atoms with Crippen LogP contribution in [-0.2, 0) is 15.9 Å². The summed E-state index contributed by atoms with van der Waals surface area (Å²) in [5, 5.41) is 0. The minimum atomic E-state index is -0.512. The zero-order chi connectivity index (χ0) is 15.1. The highest BCUT2D eigenvalue weighted by atomic mass is 16.5. The Hall–Kier alpha value is -1.84. The molecule has 20 heavy (non-hydrogen) atoms. The number of benzene rings is 1. The molecule has 0 aliphatic heterocycles. The lowest BCUT2D eigenvalue weighted by molar-refractivity contribution is 0.0554. The molecular formula is C16H22O4. The molecule has 0 saturated carbocycles. The molecule has 0 bridgehead atoms. The fraction of sp³-hybridized carbons (Fsp3) is 0.500. The van der Waals surface area contributed by atoms with E-state index in [-0.39, 0.29) is 5.56 Å². The Balaban J connectivity index is 3.30. The van der Waals surface area contributed by atoms with E-state index < -0.39 is 11.9 Å². The number of aryl methyl sites for hydroxylation is 1. The zero-order valence-corrected chi connectivity index (χ0v) is 12.6. The fourth-order valence-corrected chi connectivity index (χ4v) is 2.24. The van der Waals surface area contributed by atoms with E-state index in [2.05, 4.69) is 6.92 Å². The molecular weight excluding hydrogens is 256 g/mol. The van der Waals surface area contributed by atoms with Gasteiger partial charge in [0.1, 0.15) is 0 Å². The Kier molecular flexibility index (Phi) is 6.22. The summed E-state index contributed by atoms with van der Waals surface area (Å²) in [6, 6.07) is 3.47. The van der Waals surface area contributed by atoms with Gasteiger partial charge < -0.3 is 9.47 Å². The van der Waals surface area contributed by atoms with Crippen LogP contribution in [0.25, 0.3) is 0 Å². The van der Waals surface area contributed by atoms with Gasteiger partial charge in [0.2, 0.25) is 0 Å². The second-order valence-electron chi connectivity index (χ2n) is 4.72. The van der Waals surface area contributed by atoms with Crippen LogP contribution in [0.5, 0.6) is 0 Å². The van der Waals surface area contributed by atoms with Crippen molar-refractivity contribution in [3.63, 3.8) is 0 Å². The van der Waals surface area contributed by atoms with E-state index in [0.29, 0.717) is 5.56 Å². The summed E-state index contributed by atoms with van der Waals surface area (Å²) >= 11 is 0. The Morgan fingerprint density at radius 3 is 2.25 bits per heavy atom. The molecule has 1 rings (SSSR count). The second kappa shape index (κ2) is 7.68. The molecule has 0 aliphatic carbocycles. The summed E-state index contributed by atoms with van der Waals surface area (Å²) in [6.07, 6.45) is 3.92. The smallest absolute Gasteiger partial charge is 0.339 e. The number of esters is 2. The fourth-order valence-electron chi connectivity index (χ4n) is 2.24. The van der Waals surface area contributed by atoms with E-state index in [9.17, 15) is 9.59 Å². The average molecular weight is 278 g/mol. The summed E-state index contributed by atoms with van der Waals surface area (Å²) in [5.41, 5.74) is 2.49. The summed E-state index contributed by atoms with van der Waals surface area (Å²) in [7, 11) is 2.63. The number of carbonyl (C=O) groups is 2. The van der Waals surface area contributed by atoms with Gasteiger partial charge in [-0.3, -0.25) is 0 Å². The number of ether oxygens (including phenoxy) is 2. The van der Waals surface area contributed by atoms with E-state index >= 15 is 0 Å². The van der Waals surface area contributed by atoms with Crippen LogP contribution in [0.2, 0.25) is 0 Å². The third-order valence-electron chi connectivity index (χ3n) is 3.37. The molecule has 0 atom stereocenters. The Morgan fingerprint density at radius 1 is 1.05 bits per heavy atom. The summed E-state index contributed by atoms with van der Waals surface area (Å²) < 4.78 is 9.57. The molecule has 0 heterocycles. The first-order valence-electron chi connectivity index (χ1n) is 6.85. The Labute approximate surface area is 120 Å². The van der Waals surface area contributed by atoms with Crippen molar-refractivity contribution in [1.29, 1.82) is 0 Å². The molecule has 0 radical (unpaired) electrons. The molecule has 0 unspecified atom stereocenters. The van der Waals surface area contributed by atoms with Gasteiger partial charge in [-0.1, -0.05) is 25.8 Å². The number of rotatable bonds is 6. The number of methoxy groups -OCH3 is 2. The van der Waals surface area contributed by atoms with Crippen LogP contribution in [0.15, 0.2) is 12.1 Å². The van der Waals surface area contributed by atoms with Gasteiger partial charge >= 0.3 is 11.9 Å². The van der Waals surface area contributed by atoms with Crippen LogP contribution in [0.4, 0.5) is 0 Å².